The van der Waals surface area contributed by atoms with Gasteiger partial charge < -0.3 is 4.74 Å². The topological polar surface area (TPSA) is 12.5 Å². The van der Waals surface area contributed by atoms with Gasteiger partial charge in [0, 0.05) is 19.1 Å². The van der Waals surface area contributed by atoms with Crippen molar-refractivity contribution >= 4 is 12.4 Å². The van der Waals surface area contributed by atoms with Crippen LogP contribution in [0.25, 0.3) is 0 Å². The molecule has 1 saturated heterocycles. The van der Waals surface area contributed by atoms with Crippen LogP contribution in [-0.2, 0) is 4.74 Å². The third-order valence-corrected chi connectivity index (χ3v) is 3.96. The molecule has 0 N–H and O–H groups in total. The van der Waals surface area contributed by atoms with Crippen molar-refractivity contribution in [3.05, 3.63) is 0 Å². The van der Waals surface area contributed by atoms with Gasteiger partial charge in [0.1, 0.15) is 0 Å². The molecule has 0 aromatic heterocycles. The summed E-state index contributed by atoms with van der Waals surface area (Å²) in [5.41, 5.74) is 0. The Labute approximate surface area is 99.8 Å². The maximum Gasteiger partial charge on any atom is 0.0594 e. The molecule has 0 bridgehead atoms. The first-order valence-electron chi connectivity index (χ1n) is 6.22. The summed E-state index contributed by atoms with van der Waals surface area (Å²) in [5.74, 6) is 1.02. The van der Waals surface area contributed by atoms with E-state index < -0.39 is 0 Å². The summed E-state index contributed by atoms with van der Waals surface area (Å²) >= 11 is 0. The van der Waals surface area contributed by atoms with E-state index in [-0.39, 0.29) is 12.4 Å². The number of hydrogen-bond donors (Lipinski definition) is 0. The Bertz CT molecular complexity index is 163. The van der Waals surface area contributed by atoms with Crippen molar-refractivity contribution in [3.8, 4) is 0 Å². The van der Waals surface area contributed by atoms with E-state index in [0.29, 0.717) is 0 Å². The summed E-state index contributed by atoms with van der Waals surface area (Å²) in [5, 5.41) is 0. The van der Waals surface area contributed by atoms with E-state index in [0.717, 1.165) is 25.2 Å². The molecule has 90 valence electrons. The van der Waals surface area contributed by atoms with Gasteiger partial charge in [0.2, 0.25) is 0 Å². The molecule has 2 fully saturated rings. The van der Waals surface area contributed by atoms with Crippen molar-refractivity contribution in [2.24, 2.45) is 5.92 Å². The van der Waals surface area contributed by atoms with Crippen LogP contribution in [0.3, 0.4) is 0 Å². The largest absolute Gasteiger partial charge is 0.379 e. The zero-order valence-corrected chi connectivity index (χ0v) is 10.6. The standard InChI is InChI=1S/C12H23NO.ClH/c1-2-11-3-5-12(6-4-11)13-7-9-14-10-8-13;/h11-12H,2-10H2,1H3;1H. The fourth-order valence-electron chi connectivity index (χ4n) is 2.86. The Balaban J connectivity index is 0.00000112. The lowest BCUT2D eigenvalue weighted by atomic mass is 9.84. The predicted molar refractivity (Wildman–Crippen MR) is 65.7 cm³/mol. The molecule has 15 heavy (non-hydrogen) atoms. The first-order chi connectivity index (χ1) is 6.90. The zero-order valence-electron chi connectivity index (χ0n) is 9.78. The van der Waals surface area contributed by atoms with Crippen molar-refractivity contribution in [1.82, 2.24) is 4.90 Å². The lowest BCUT2D eigenvalue weighted by molar-refractivity contribution is 0.00482. The van der Waals surface area contributed by atoms with Crippen molar-refractivity contribution in [1.29, 1.82) is 0 Å². The highest BCUT2D eigenvalue weighted by atomic mass is 35.5. The van der Waals surface area contributed by atoms with E-state index in [1.807, 2.05) is 0 Å². The highest BCUT2D eigenvalue weighted by Gasteiger charge is 2.25. The average molecular weight is 234 g/mol. The molecule has 1 saturated carbocycles. The molecule has 2 aliphatic rings. The van der Waals surface area contributed by atoms with Crippen LogP contribution in [0, 0.1) is 5.92 Å². The third-order valence-electron chi connectivity index (χ3n) is 3.96. The van der Waals surface area contributed by atoms with Crippen LogP contribution in [0.15, 0.2) is 0 Å². The van der Waals surface area contributed by atoms with Crippen LogP contribution in [0.2, 0.25) is 0 Å². The molecular formula is C12H24ClNO. The van der Waals surface area contributed by atoms with Crippen molar-refractivity contribution < 1.29 is 4.74 Å². The fraction of sp³-hybridized carbons (Fsp3) is 1.00. The number of halogens is 1. The maximum absolute atomic E-state index is 5.39. The molecule has 0 spiro atoms. The summed E-state index contributed by atoms with van der Waals surface area (Å²) in [6, 6.07) is 0.877. The van der Waals surface area contributed by atoms with Crippen LogP contribution in [0.4, 0.5) is 0 Å². The van der Waals surface area contributed by atoms with E-state index >= 15 is 0 Å². The molecule has 0 aromatic carbocycles. The van der Waals surface area contributed by atoms with Crippen LogP contribution in [0.5, 0.6) is 0 Å². The van der Waals surface area contributed by atoms with Crippen LogP contribution in [0.1, 0.15) is 39.0 Å². The Morgan fingerprint density at radius 1 is 1.07 bits per heavy atom. The SMILES string of the molecule is CCC1CCC(N2CCOCC2)CC1.Cl. The summed E-state index contributed by atoms with van der Waals surface area (Å²) in [6.45, 7) is 6.57. The normalized spacial score (nSPS) is 33.4. The molecule has 0 amide bonds. The number of hydrogen-bond acceptors (Lipinski definition) is 2. The summed E-state index contributed by atoms with van der Waals surface area (Å²) in [6.07, 6.45) is 7.16. The molecule has 3 heteroatoms. The summed E-state index contributed by atoms with van der Waals surface area (Å²) in [7, 11) is 0. The van der Waals surface area contributed by atoms with Gasteiger partial charge in [-0.05, 0) is 31.6 Å². The van der Waals surface area contributed by atoms with Crippen LogP contribution in [-0.4, -0.2) is 37.2 Å². The maximum atomic E-state index is 5.39. The van der Waals surface area contributed by atoms with Crippen LogP contribution < -0.4 is 0 Å². The smallest absolute Gasteiger partial charge is 0.0594 e. The second-order valence-electron chi connectivity index (χ2n) is 4.73. The molecular weight excluding hydrogens is 210 g/mol. The van der Waals surface area contributed by atoms with Gasteiger partial charge in [-0.25, -0.2) is 0 Å². The first kappa shape index (κ1) is 13.3. The molecule has 2 nitrogen and oxygen atoms in total. The number of rotatable bonds is 2. The third kappa shape index (κ3) is 3.61. The number of nitrogens with zero attached hydrogens (tertiary/aromatic N) is 1. The van der Waals surface area contributed by atoms with E-state index in [2.05, 4.69) is 11.8 Å². The van der Waals surface area contributed by atoms with Gasteiger partial charge in [0.15, 0.2) is 0 Å². The molecule has 1 aliphatic heterocycles. The average Bonchev–Trinajstić information content (AvgIpc) is 2.30. The molecule has 1 heterocycles. The van der Waals surface area contributed by atoms with Crippen molar-refractivity contribution in [2.45, 2.75) is 45.1 Å². The summed E-state index contributed by atoms with van der Waals surface area (Å²) < 4.78 is 5.39. The predicted octanol–water partition coefficient (Wildman–Crippen LogP) is 2.71. The van der Waals surface area contributed by atoms with E-state index in [9.17, 15) is 0 Å². The number of ether oxygens (including phenoxy) is 1. The molecule has 2 rings (SSSR count). The van der Waals surface area contributed by atoms with Gasteiger partial charge >= 0.3 is 0 Å². The van der Waals surface area contributed by atoms with Crippen molar-refractivity contribution in [3.63, 3.8) is 0 Å². The first-order valence-corrected chi connectivity index (χ1v) is 6.22. The highest BCUT2D eigenvalue weighted by molar-refractivity contribution is 5.85. The lowest BCUT2D eigenvalue weighted by Crippen LogP contribution is -2.44. The monoisotopic (exact) mass is 233 g/mol. The molecule has 0 aromatic rings. The van der Waals surface area contributed by atoms with Crippen LogP contribution >= 0.6 is 12.4 Å². The quantitative estimate of drug-likeness (QED) is 0.727. The minimum absolute atomic E-state index is 0. The van der Waals surface area contributed by atoms with Gasteiger partial charge in [-0.3, -0.25) is 4.90 Å². The van der Waals surface area contributed by atoms with Gasteiger partial charge in [0.05, 0.1) is 13.2 Å². The number of morpholine rings is 1. The van der Waals surface area contributed by atoms with E-state index in [1.165, 1.54) is 45.2 Å². The minimum Gasteiger partial charge on any atom is -0.379 e. The Kier molecular flexibility index (Phi) is 5.95. The second-order valence-corrected chi connectivity index (χ2v) is 4.73. The highest BCUT2D eigenvalue weighted by Crippen LogP contribution is 2.29. The minimum atomic E-state index is 0. The Morgan fingerprint density at radius 3 is 2.20 bits per heavy atom. The van der Waals surface area contributed by atoms with E-state index in [4.69, 9.17) is 4.74 Å². The summed E-state index contributed by atoms with van der Waals surface area (Å²) in [4.78, 5) is 2.65. The molecule has 0 radical (unpaired) electrons. The van der Waals surface area contributed by atoms with Gasteiger partial charge in [-0.1, -0.05) is 13.3 Å². The fourth-order valence-corrected chi connectivity index (χ4v) is 2.86. The Hall–Kier alpha value is 0.210. The van der Waals surface area contributed by atoms with Crippen molar-refractivity contribution in [2.75, 3.05) is 26.3 Å². The molecule has 0 unspecified atom stereocenters. The van der Waals surface area contributed by atoms with Gasteiger partial charge in [0.25, 0.3) is 0 Å². The molecule has 1 aliphatic carbocycles. The zero-order chi connectivity index (χ0) is 9.80. The lowest BCUT2D eigenvalue weighted by Gasteiger charge is -2.38. The van der Waals surface area contributed by atoms with Gasteiger partial charge in [-0.15, -0.1) is 12.4 Å². The molecule has 0 atom stereocenters. The Morgan fingerprint density at radius 2 is 1.67 bits per heavy atom. The second kappa shape index (κ2) is 6.72. The van der Waals surface area contributed by atoms with Gasteiger partial charge in [-0.2, -0.15) is 0 Å². The van der Waals surface area contributed by atoms with E-state index in [1.54, 1.807) is 0 Å².